The molecule has 1 amide bonds. The zero-order valence-electron chi connectivity index (χ0n) is 6.66. The number of carbonyl (C=O) groups is 1. The molecule has 1 N–H and O–H groups in total. The second-order valence-corrected chi connectivity index (χ2v) is 2.67. The normalized spacial score (nSPS) is 26.2. The molecule has 0 saturated carbocycles. The summed E-state index contributed by atoms with van der Waals surface area (Å²) < 4.78 is 0. The molecule has 13 heavy (non-hydrogen) atoms. The SMILES string of the molecule is N#C[C@H]1CC(N=[N+]=[N-])CN1C(=O)O. The molecule has 7 heteroatoms. The number of hydrogen-bond acceptors (Lipinski definition) is 3. The van der Waals surface area contributed by atoms with Crippen LogP contribution < -0.4 is 0 Å². The smallest absolute Gasteiger partial charge is 0.408 e. The average molecular weight is 181 g/mol. The van der Waals surface area contributed by atoms with E-state index in [0.717, 1.165) is 4.90 Å². The largest absolute Gasteiger partial charge is 0.465 e. The van der Waals surface area contributed by atoms with E-state index in [1.54, 1.807) is 0 Å². The van der Waals surface area contributed by atoms with Gasteiger partial charge in [-0.3, -0.25) is 4.90 Å². The molecule has 1 aliphatic heterocycles. The van der Waals surface area contributed by atoms with Crippen LogP contribution in [0.5, 0.6) is 0 Å². The first-order valence-electron chi connectivity index (χ1n) is 3.62. The van der Waals surface area contributed by atoms with Crippen molar-refractivity contribution in [2.75, 3.05) is 6.54 Å². The van der Waals surface area contributed by atoms with Crippen molar-refractivity contribution in [1.82, 2.24) is 4.90 Å². The summed E-state index contributed by atoms with van der Waals surface area (Å²) in [5.74, 6) is 0. The zero-order chi connectivity index (χ0) is 9.84. The van der Waals surface area contributed by atoms with E-state index in [0.29, 0.717) is 0 Å². The van der Waals surface area contributed by atoms with Crippen LogP contribution in [0.4, 0.5) is 4.79 Å². The fraction of sp³-hybridized carbons (Fsp3) is 0.667. The van der Waals surface area contributed by atoms with E-state index in [9.17, 15) is 4.79 Å². The maximum Gasteiger partial charge on any atom is 0.408 e. The van der Waals surface area contributed by atoms with Crippen LogP contribution in [-0.2, 0) is 0 Å². The van der Waals surface area contributed by atoms with Gasteiger partial charge in [-0.2, -0.15) is 5.26 Å². The van der Waals surface area contributed by atoms with Crippen molar-refractivity contribution in [1.29, 1.82) is 5.26 Å². The van der Waals surface area contributed by atoms with Crippen LogP contribution in [0, 0.1) is 11.3 Å². The van der Waals surface area contributed by atoms with Crippen LogP contribution in [-0.4, -0.2) is 34.7 Å². The van der Waals surface area contributed by atoms with Crippen molar-refractivity contribution in [3.05, 3.63) is 10.4 Å². The maximum absolute atomic E-state index is 10.6. The van der Waals surface area contributed by atoms with Crippen LogP contribution in [0.2, 0.25) is 0 Å². The van der Waals surface area contributed by atoms with Gasteiger partial charge in [0.15, 0.2) is 0 Å². The first-order chi connectivity index (χ1) is 6.19. The van der Waals surface area contributed by atoms with Gasteiger partial charge in [-0.15, -0.1) is 0 Å². The highest BCUT2D eigenvalue weighted by Crippen LogP contribution is 2.19. The van der Waals surface area contributed by atoms with Gasteiger partial charge < -0.3 is 5.11 Å². The second-order valence-electron chi connectivity index (χ2n) is 2.67. The Balaban J connectivity index is 2.73. The first-order valence-corrected chi connectivity index (χ1v) is 3.62. The van der Waals surface area contributed by atoms with Crippen LogP contribution in [0.3, 0.4) is 0 Å². The van der Waals surface area contributed by atoms with Gasteiger partial charge in [-0.05, 0) is 12.0 Å². The summed E-state index contributed by atoms with van der Waals surface area (Å²) in [5, 5.41) is 20.6. The summed E-state index contributed by atoms with van der Waals surface area (Å²) >= 11 is 0. The van der Waals surface area contributed by atoms with Crippen LogP contribution in [0.15, 0.2) is 5.11 Å². The molecular weight excluding hydrogens is 174 g/mol. The fourth-order valence-corrected chi connectivity index (χ4v) is 1.30. The number of nitrogens with zero attached hydrogens (tertiary/aromatic N) is 5. The molecule has 1 unspecified atom stereocenters. The molecule has 1 rings (SSSR count). The Morgan fingerprint density at radius 2 is 2.54 bits per heavy atom. The van der Waals surface area contributed by atoms with Crippen molar-refractivity contribution >= 4 is 6.09 Å². The zero-order valence-corrected chi connectivity index (χ0v) is 6.66. The fourth-order valence-electron chi connectivity index (χ4n) is 1.30. The summed E-state index contributed by atoms with van der Waals surface area (Å²) in [6, 6.07) is 0.747. The lowest BCUT2D eigenvalue weighted by Gasteiger charge is -2.13. The van der Waals surface area contributed by atoms with Gasteiger partial charge in [0.25, 0.3) is 0 Å². The number of azide groups is 1. The summed E-state index contributed by atoms with van der Waals surface area (Å²) in [4.78, 5) is 14.1. The monoisotopic (exact) mass is 181 g/mol. The van der Waals surface area contributed by atoms with Crippen molar-refractivity contribution in [3.8, 4) is 6.07 Å². The molecule has 1 fully saturated rings. The summed E-state index contributed by atoms with van der Waals surface area (Å²) in [5.41, 5.74) is 8.12. The standard InChI is InChI=1S/C6H7N5O2/c7-2-5-1-4(9-10-8)3-11(5)6(12)13/h4-5H,1,3H2,(H,12,13)/t4?,5-/m1/s1. The molecule has 2 atom stereocenters. The van der Waals surface area contributed by atoms with Gasteiger partial charge in [0, 0.05) is 11.5 Å². The molecule has 0 aromatic carbocycles. The number of carboxylic acid groups (broad SMARTS) is 1. The molecule has 1 heterocycles. The number of amides is 1. The Labute approximate surface area is 73.8 Å². The van der Waals surface area contributed by atoms with Gasteiger partial charge in [-0.1, -0.05) is 5.11 Å². The first kappa shape index (κ1) is 9.16. The quantitative estimate of drug-likeness (QED) is 0.368. The molecule has 1 aliphatic rings. The Hall–Kier alpha value is -1.93. The van der Waals surface area contributed by atoms with E-state index >= 15 is 0 Å². The highest BCUT2D eigenvalue weighted by atomic mass is 16.4. The number of likely N-dealkylation sites (tertiary alicyclic amines) is 1. The predicted octanol–water partition coefficient (Wildman–Crippen LogP) is 0.941. The second kappa shape index (κ2) is 3.65. The lowest BCUT2D eigenvalue weighted by Crippen LogP contribution is -2.33. The molecule has 0 spiro atoms. The molecular formula is C6H7N5O2. The Kier molecular flexibility index (Phi) is 2.57. The van der Waals surface area contributed by atoms with Crippen molar-refractivity contribution in [2.24, 2.45) is 5.11 Å². The minimum absolute atomic E-state index is 0.109. The average Bonchev–Trinajstić information content (AvgIpc) is 2.48. The van der Waals surface area contributed by atoms with E-state index in [-0.39, 0.29) is 13.0 Å². The van der Waals surface area contributed by atoms with Crippen LogP contribution in [0.1, 0.15) is 6.42 Å². The third-order valence-electron chi connectivity index (χ3n) is 1.89. The maximum atomic E-state index is 10.6. The van der Waals surface area contributed by atoms with Gasteiger partial charge >= 0.3 is 6.09 Å². The Morgan fingerprint density at radius 3 is 2.92 bits per heavy atom. The molecule has 68 valence electrons. The van der Waals surface area contributed by atoms with E-state index in [1.165, 1.54) is 0 Å². The van der Waals surface area contributed by atoms with Crippen molar-refractivity contribution in [2.45, 2.75) is 18.5 Å². The summed E-state index contributed by atoms with van der Waals surface area (Å²) in [6.07, 6.45) is -0.866. The predicted molar refractivity (Wildman–Crippen MR) is 41.7 cm³/mol. The van der Waals surface area contributed by atoms with Gasteiger partial charge in [-0.25, -0.2) is 4.79 Å². The highest BCUT2D eigenvalue weighted by Gasteiger charge is 2.34. The lowest BCUT2D eigenvalue weighted by molar-refractivity contribution is 0.148. The van der Waals surface area contributed by atoms with E-state index in [1.807, 2.05) is 6.07 Å². The molecule has 0 aromatic rings. The molecule has 7 nitrogen and oxygen atoms in total. The molecule has 0 aromatic heterocycles. The summed E-state index contributed by atoms with van der Waals surface area (Å²) in [6.45, 7) is 0.109. The Bertz CT molecular complexity index is 303. The minimum atomic E-state index is -1.15. The van der Waals surface area contributed by atoms with Crippen LogP contribution >= 0.6 is 0 Å². The third kappa shape index (κ3) is 1.80. The van der Waals surface area contributed by atoms with Crippen molar-refractivity contribution in [3.63, 3.8) is 0 Å². The van der Waals surface area contributed by atoms with Gasteiger partial charge in [0.1, 0.15) is 6.04 Å². The third-order valence-corrected chi connectivity index (χ3v) is 1.89. The van der Waals surface area contributed by atoms with E-state index < -0.39 is 18.2 Å². The topological polar surface area (TPSA) is 113 Å². The molecule has 0 aliphatic carbocycles. The lowest BCUT2D eigenvalue weighted by atomic mass is 10.2. The van der Waals surface area contributed by atoms with Gasteiger partial charge in [0.05, 0.1) is 12.1 Å². The molecule has 0 bridgehead atoms. The Morgan fingerprint density at radius 1 is 1.85 bits per heavy atom. The molecule has 1 saturated heterocycles. The summed E-state index contributed by atoms with van der Waals surface area (Å²) in [7, 11) is 0. The van der Waals surface area contributed by atoms with Crippen molar-refractivity contribution < 1.29 is 9.90 Å². The number of rotatable bonds is 1. The number of hydrogen-bond donors (Lipinski definition) is 1. The van der Waals surface area contributed by atoms with Gasteiger partial charge in [0.2, 0.25) is 0 Å². The van der Waals surface area contributed by atoms with E-state index in [2.05, 4.69) is 10.0 Å². The number of nitriles is 1. The highest BCUT2D eigenvalue weighted by molar-refractivity contribution is 5.66. The van der Waals surface area contributed by atoms with Crippen LogP contribution in [0.25, 0.3) is 10.4 Å². The molecule has 0 radical (unpaired) electrons. The van der Waals surface area contributed by atoms with E-state index in [4.69, 9.17) is 15.9 Å². The minimum Gasteiger partial charge on any atom is -0.465 e.